The van der Waals surface area contributed by atoms with Gasteiger partial charge in [-0.15, -0.1) is 0 Å². The van der Waals surface area contributed by atoms with Crippen molar-refractivity contribution in [2.45, 2.75) is 13.1 Å². The number of carbonyl (C=O) groups excluding carboxylic acids is 1. The number of nitrogens with one attached hydrogen (secondary N) is 1. The van der Waals surface area contributed by atoms with Crippen molar-refractivity contribution < 1.29 is 18.0 Å². The number of benzene rings is 1. The van der Waals surface area contributed by atoms with E-state index in [4.69, 9.17) is 0 Å². The number of anilines is 1. The Bertz CT molecular complexity index is 691. The van der Waals surface area contributed by atoms with Crippen LogP contribution in [0.4, 0.5) is 19.0 Å². The highest BCUT2D eigenvalue weighted by Gasteiger charge is 2.30. The minimum Gasteiger partial charge on any atom is -0.307 e. The first-order chi connectivity index (χ1) is 10.3. The summed E-state index contributed by atoms with van der Waals surface area (Å²) in [5.41, 5.74) is 0.495. The van der Waals surface area contributed by atoms with Gasteiger partial charge in [0.25, 0.3) is 0 Å². The molecule has 0 aliphatic carbocycles. The van der Waals surface area contributed by atoms with E-state index in [0.717, 1.165) is 23.8 Å². The average Bonchev–Trinajstić information content (AvgIpc) is 2.47. The number of pyridine rings is 1. The molecule has 0 fully saturated rings. The Morgan fingerprint density at radius 1 is 1.23 bits per heavy atom. The van der Waals surface area contributed by atoms with Gasteiger partial charge in [0.15, 0.2) is 0 Å². The maximum atomic E-state index is 12.6. The molecule has 1 aromatic heterocycles. The van der Waals surface area contributed by atoms with Gasteiger partial charge in [0.2, 0.25) is 5.91 Å². The Morgan fingerprint density at radius 2 is 2.00 bits per heavy atom. The number of alkyl halides is 3. The van der Waals surface area contributed by atoms with Crippen LogP contribution >= 0.6 is 0 Å². The summed E-state index contributed by atoms with van der Waals surface area (Å²) in [5, 5.41) is 2.53. The molecule has 0 saturated heterocycles. The molecule has 0 aliphatic rings. The van der Waals surface area contributed by atoms with E-state index in [2.05, 4.69) is 10.3 Å². The molecule has 3 nitrogen and oxygen atoms in total. The van der Waals surface area contributed by atoms with E-state index in [9.17, 15) is 18.0 Å². The van der Waals surface area contributed by atoms with Crippen molar-refractivity contribution in [1.82, 2.24) is 4.98 Å². The molecule has 0 atom stereocenters. The zero-order valence-corrected chi connectivity index (χ0v) is 11.7. The Hall–Kier alpha value is -2.63. The summed E-state index contributed by atoms with van der Waals surface area (Å²) in [5.74, 6) is -0.0851. The van der Waals surface area contributed by atoms with Crippen molar-refractivity contribution in [2.75, 3.05) is 5.32 Å². The quantitative estimate of drug-likeness (QED) is 0.869. The van der Waals surface area contributed by atoms with E-state index < -0.39 is 17.6 Å². The number of aryl methyl sites for hydroxylation is 1. The molecule has 0 unspecified atom stereocenters. The maximum absolute atomic E-state index is 12.6. The second kappa shape index (κ2) is 6.43. The summed E-state index contributed by atoms with van der Waals surface area (Å²) >= 11 is 0. The van der Waals surface area contributed by atoms with Gasteiger partial charge in [-0.1, -0.05) is 18.2 Å². The summed E-state index contributed by atoms with van der Waals surface area (Å²) in [6.07, 6.45) is -0.320. The van der Waals surface area contributed by atoms with Gasteiger partial charge in [-0.2, -0.15) is 13.2 Å². The Morgan fingerprint density at radius 3 is 2.64 bits per heavy atom. The number of amides is 1. The summed E-state index contributed by atoms with van der Waals surface area (Å²) in [6, 6.07) is 8.18. The predicted molar refractivity (Wildman–Crippen MR) is 78.1 cm³/mol. The molecule has 22 heavy (non-hydrogen) atoms. The molecular formula is C16H13F3N2O. The molecule has 0 bridgehead atoms. The van der Waals surface area contributed by atoms with Crippen LogP contribution in [0.25, 0.3) is 6.08 Å². The van der Waals surface area contributed by atoms with Crippen molar-refractivity contribution in [3.05, 3.63) is 65.4 Å². The second-order valence-electron chi connectivity index (χ2n) is 4.67. The lowest BCUT2D eigenvalue weighted by molar-refractivity contribution is -0.137. The van der Waals surface area contributed by atoms with Crippen LogP contribution in [0.15, 0.2) is 48.7 Å². The van der Waals surface area contributed by atoms with Gasteiger partial charge in [-0.25, -0.2) is 4.98 Å². The Labute approximate surface area is 125 Å². The number of halogens is 3. The molecule has 1 N–H and O–H groups in total. The molecule has 2 aromatic rings. The smallest absolute Gasteiger partial charge is 0.307 e. The van der Waals surface area contributed by atoms with E-state index in [1.165, 1.54) is 18.2 Å². The lowest BCUT2D eigenvalue weighted by atomic mass is 10.1. The minimum absolute atomic E-state index is 0.293. The number of hydrogen-bond acceptors (Lipinski definition) is 2. The Balaban J connectivity index is 2.05. The third-order valence-corrected chi connectivity index (χ3v) is 2.80. The van der Waals surface area contributed by atoms with Crippen LogP contribution in [0.2, 0.25) is 0 Å². The molecule has 0 saturated carbocycles. The highest BCUT2D eigenvalue weighted by Crippen LogP contribution is 2.29. The van der Waals surface area contributed by atoms with E-state index in [1.807, 2.05) is 6.92 Å². The molecule has 0 aliphatic heterocycles. The van der Waals surface area contributed by atoms with E-state index in [0.29, 0.717) is 11.4 Å². The first-order valence-electron chi connectivity index (χ1n) is 6.43. The van der Waals surface area contributed by atoms with Gasteiger partial charge in [0.1, 0.15) is 5.82 Å². The summed E-state index contributed by atoms with van der Waals surface area (Å²) in [4.78, 5) is 15.7. The number of carbonyl (C=O) groups is 1. The van der Waals surface area contributed by atoms with Crippen LogP contribution in [-0.4, -0.2) is 10.9 Å². The fourth-order valence-corrected chi connectivity index (χ4v) is 1.70. The molecule has 2 rings (SSSR count). The number of nitrogens with zero attached hydrogens (tertiary/aromatic N) is 1. The summed E-state index contributed by atoms with van der Waals surface area (Å²) < 4.78 is 37.7. The first-order valence-corrected chi connectivity index (χ1v) is 6.43. The molecule has 1 amide bonds. The van der Waals surface area contributed by atoms with Gasteiger partial charge >= 0.3 is 6.18 Å². The van der Waals surface area contributed by atoms with Crippen LogP contribution in [-0.2, 0) is 11.0 Å². The SMILES string of the molecule is Cc1ccc(NC(=O)/C=C/c2cccc(C(F)(F)F)c2)nc1. The van der Waals surface area contributed by atoms with Gasteiger partial charge in [-0.3, -0.25) is 4.79 Å². The minimum atomic E-state index is -4.40. The molecule has 114 valence electrons. The van der Waals surface area contributed by atoms with Crippen LogP contribution in [0.1, 0.15) is 16.7 Å². The zero-order valence-electron chi connectivity index (χ0n) is 11.7. The number of aromatic nitrogens is 1. The lowest BCUT2D eigenvalue weighted by Gasteiger charge is -2.06. The van der Waals surface area contributed by atoms with Crippen molar-refractivity contribution in [3.63, 3.8) is 0 Å². The van der Waals surface area contributed by atoms with Crippen molar-refractivity contribution in [3.8, 4) is 0 Å². The average molecular weight is 306 g/mol. The fraction of sp³-hybridized carbons (Fsp3) is 0.125. The maximum Gasteiger partial charge on any atom is 0.416 e. The van der Waals surface area contributed by atoms with Crippen molar-refractivity contribution in [2.24, 2.45) is 0 Å². The predicted octanol–water partition coefficient (Wildman–Crippen LogP) is 4.06. The largest absolute Gasteiger partial charge is 0.416 e. The van der Waals surface area contributed by atoms with E-state index in [-0.39, 0.29) is 0 Å². The van der Waals surface area contributed by atoms with Gasteiger partial charge in [0.05, 0.1) is 5.56 Å². The molecule has 1 aromatic carbocycles. The van der Waals surface area contributed by atoms with Gasteiger partial charge < -0.3 is 5.32 Å². The van der Waals surface area contributed by atoms with Crippen LogP contribution in [0.3, 0.4) is 0 Å². The highest BCUT2D eigenvalue weighted by molar-refractivity contribution is 6.01. The Kier molecular flexibility index (Phi) is 4.60. The highest BCUT2D eigenvalue weighted by atomic mass is 19.4. The lowest BCUT2D eigenvalue weighted by Crippen LogP contribution is -2.09. The summed E-state index contributed by atoms with van der Waals surface area (Å²) in [7, 11) is 0. The van der Waals surface area contributed by atoms with Crippen LogP contribution in [0, 0.1) is 6.92 Å². The van der Waals surface area contributed by atoms with Gasteiger partial charge in [-0.05, 0) is 42.3 Å². The topological polar surface area (TPSA) is 42.0 Å². The molecule has 6 heteroatoms. The van der Waals surface area contributed by atoms with Crippen LogP contribution < -0.4 is 5.32 Å². The number of rotatable bonds is 3. The number of hydrogen-bond donors (Lipinski definition) is 1. The first kappa shape index (κ1) is 15.8. The third-order valence-electron chi connectivity index (χ3n) is 2.80. The normalized spacial score (nSPS) is 11.6. The van der Waals surface area contributed by atoms with E-state index >= 15 is 0 Å². The summed E-state index contributed by atoms with van der Waals surface area (Å²) in [6.45, 7) is 1.87. The zero-order chi connectivity index (χ0) is 16.2. The van der Waals surface area contributed by atoms with Crippen molar-refractivity contribution >= 4 is 17.8 Å². The van der Waals surface area contributed by atoms with E-state index in [1.54, 1.807) is 18.3 Å². The van der Waals surface area contributed by atoms with Crippen molar-refractivity contribution in [1.29, 1.82) is 0 Å². The second-order valence-corrected chi connectivity index (χ2v) is 4.67. The molecule has 0 spiro atoms. The molecule has 1 heterocycles. The standard InChI is InChI=1S/C16H13F3N2O/c1-11-5-7-14(20-10-11)21-15(22)8-6-12-3-2-4-13(9-12)16(17,18)19/h2-10H,1H3,(H,20,21,22)/b8-6+. The fourth-order valence-electron chi connectivity index (χ4n) is 1.70. The monoisotopic (exact) mass is 306 g/mol. The molecular weight excluding hydrogens is 293 g/mol. The third kappa shape index (κ3) is 4.44. The van der Waals surface area contributed by atoms with Gasteiger partial charge in [0, 0.05) is 12.3 Å². The van der Waals surface area contributed by atoms with Crippen LogP contribution in [0.5, 0.6) is 0 Å². The molecule has 0 radical (unpaired) electrons.